The van der Waals surface area contributed by atoms with E-state index in [2.05, 4.69) is 25.4 Å². The standard InChI is InChI=1S/C25H23N7O2/c1-15-16(2)30-32(18(15)4)22-13-23(27-14-26-22)34-20-10-8-19(9-11-20)29-25(33)24-17(3)28-21-7-5-6-12-31(21)24/h5-14H,1-4H3,(H,29,33). The molecule has 4 heterocycles. The highest BCUT2D eigenvalue weighted by molar-refractivity contribution is 6.04. The van der Waals surface area contributed by atoms with Gasteiger partial charge < -0.3 is 10.1 Å². The minimum Gasteiger partial charge on any atom is -0.439 e. The first-order valence-corrected chi connectivity index (χ1v) is 10.8. The Labute approximate surface area is 196 Å². The van der Waals surface area contributed by atoms with E-state index in [0.717, 1.165) is 22.6 Å². The summed E-state index contributed by atoms with van der Waals surface area (Å²) in [5, 5.41) is 7.46. The van der Waals surface area contributed by atoms with Crippen molar-refractivity contribution in [3.8, 4) is 17.4 Å². The third kappa shape index (κ3) is 3.88. The van der Waals surface area contributed by atoms with Crippen LogP contribution in [0, 0.1) is 27.7 Å². The maximum Gasteiger partial charge on any atom is 0.274 e. The Balaban J connectivity index is 1.32. The number of anilines is 1. The number of aromatic nitrogens is 6. The number of nitrogens with one attached hydrogen (secondary N) is 1. The van der Waals surface area contributed by atoms with Crippen LogP contribution in [0.4, 0.5) is 5.69 Å². The van der Waals surface area contributed by atoms with Gasteiger partial charge >= 0.3 is 0 Å². The van der Waals surface area contributed by atoms with Crippen LogP contribution in [0.3, 0.4) is 0 Å². The van der Waals surface area contributed by atoms with Gasteiger partial charge in [0.25, 0.3) is 5.91 Å². The van der Waals surface area contributed by atoms with Crippen LogP contribution in [0.2, 0.25) is 0 Å². The SMILES string of the molecule is Cc1nn(-c2cc(Oc3ccc(NC(=O)c4c(C)nc5ccccn45)cc3)ncn2)c(C)c1C. The predicted molar refractivity (Wildman–Crippen MR) is 128 cm³/mol. The summed E-state index contributed by atoms with van der Waals surface area (Å²) in [5.41, 5.74) is 5.64. The van der Waals surface area contributed by atoms with Crippen molar-refractivity contribution in [1.29, 1.82) is 0 Å². The summed E-state index contributed by atoms with van der Waals surface area (Å²) < 4.78 is 9.46. The van der Waals surface area contributed by atoms with Gasteiger partial charge in [-0.3, -0.25) is 9.20 Å². The van der Waals surface area contributed by atoms with Crippen LogP contribution in [-0.2, 0) is 0 Å². The second kappa shape index (κ2) is 8.43. The molecule has 0 atom stereocenters. The van der Waals surface area contributed by atoms with E-state index >= 15 is 0 Å². The molecule has 0 bridgehead atoms. The average molecular weight is 454 g/mol. The Morgan fingerprint density at radius 2 is 1.76 bits per heavy atom. The van der Waals surface area contributed by atoms with Crippen LogP contribution in [0.15, 0.2) is 61.1 Å². The van der Waals surface area contributed by atoms with E-state index in [1.165, 1.54) is 6.33 Å². The summed E-state index contributed by atoms with van der Waals surface area (Å²) in [6.07, 6.45) is 3.27. The van der Waals surface area contributed by atoms with Crippen molar-refractivity contribution in [2.24, 2.45) is 0 Å². The molecule has 1 N–H and O–H groups in total. The molecule has 0 fully saturated rings. The highest BCUT2D eigenvalue weighted by Gasteiger charge is 2.16. The first-order chi connectivity index (χ1) is 16.4. The van der Waals surface area contributed by atoms with Crippen LogP contribution in [-0.4, -0.2) is 35.0 Å². The molecule has 1 aromatic carbocycles. The van der Waals surface area contributed by atoms with E-state index in [4.69, 9.17) is 4.74 Å². The molecule has 0 aliphatic rings. The van der Waals surface area contributed by atoms with Crippen molar-refractivity contribution in [2.45, 2.75) is 27.7 Å². The van der Waals surface area contributed by atoms with Crippen LogP contribution in [0.5, 0.6) is 11.6 Å². The number of ether oxygens (including phenoxy) is 1. The smallest absolute Gasteiger partial charge is 0.274 e. The minimum absolute atomic E-state index is 0.231. The Morgan fingerprint density at radius 3 is 2.50 bits per heavy atom. The molecule has 1 amide bonds. The first kappa shape index (κ1) is 21.3. The Bertz CT molecular complexity index is 1520. The molecule has 0 saturated heterocycles. The van der Waals surface area contributed by atoms with Gasteiger partial charge in [-0.15, -0.1) is 0 Å². The fraction of sp³-hybridized carbons (Fsp3) is 0.160. The maximum atomic E-state index is 12.9. The molecule has 5 aromatic rings. The molecule has 0 saturated carbocycles. The van der Waals surface area contributed by atoms with Crippen LogP contribution in [0.25, 0.3) is 11.5 Å². The van der Waals surface area contributed by atoms with E-state index in [9.17, 15) is 4.79 Å². The summed E-state index contributed by atoms with van der Waals surface area (Å²) in [7, 11) is 0. The number of rotatable bonds is 5. The zero-order chi connectivity index (χ0) is 23.8. The van der Waals surface area contributed by atoms with E-state index in [-0.39, 0.29) is 5.91 Å². The van der Waals surface area contributed by atoms with E-state index in [1.807, 2.05) is 52.1 Å². The topological polar surface area (TPSA) is 99.2 Å². The number of nitrogens with zero attached hydrogens (tertiary/aromatic N) is 6. The summed E-state index contributed by atoms with van der Waals surface area (Å²) in [6.45, 7) is 7.82. The molecule has 4 aromatic heterocycles. The van der Waals surface area contributed by atoms with E-state index in [0.29, 0.717) is 34.5 Å². The van der Waals surface area contributed by atoms with Gasteiger partial charge in [0.15, 0.2) is 5.82 Å². The van der Waals surface area contributed by atoms with Crippen LogP contribution < -0.4 is 10.1 Å². The zero-order valence-electron chi connectivity index (χ0n) is 19.3. The van der Waals surface area contributed by atoms with Crippen molar-refractivity contribution >= 4 is 17.2 Å². The molecule has 34 heavy (non-hydrogen) atoms. The number of hydrogen-bond donors (Lipinski definition) is 1. The lowest BCUT2D eigenvalue weighted by atomic mass is 10.2. The van der Waals surface area contributed by atoms with Crippen molar-refractivity contribution in [2.75, 3.05) is 5.32 Å². The Morgan fingerprint density at radius 1 is 0.971 bits per heavy atom. The lowest BCUT2D eigenvalue weighted by molar-refractivity contribution is 0.102. The van der Waals surface area contributed by atoms with Gasteiger partial charge in [0.05, 0.1) is 11.4 Å². The molecule has 0 aliphatic heterocycles. The van der Waals surface area contributed by atoms with Gasteiger partial charge in [0.1, 0.15) is 23.4 Å². The molecule has 0 spiro atoms. The van der Waals surface area contributed by atoms with Crippen molar-refractivity contribution in [3.63, 3.8) is 0 Å². The number of carbonyl (C=O) groups is 1. The van der Waals surface area contributed by atoms with E-state index < -0.39 is 0 Å². The predicted octanol–water partition coefficient (Wildman–Crippen LogP) is 4.59. The summed E-state index contributed by atoms with van der Waals surface area (Å²) in [6, 6.07) is 14.5. The molecule has 0 aliphatic carbocycles. The van der Waals surface area contributed by atoms with E-state index in [1.54, 1.807) is 39.4 Å². The lowest BCUT2D eigenvalue weighted by Crippen LogP contribution is -2.15. The molecular weight excluding hydrogens is 430 g/mol. The van der Waals surface area contributed by atoms with Gasteiger partial charge in [-0.05, 0) is 69.7 Å². The number of hydrogen-bond acceptors (Lipinski definition) is 6. The number of pyridine rings is 1. The largest absolute Gasteiger partial charge is 0.439 e. The number of amides is 1. The number of fused-ring (bicyclic) bond motifs is 1. The average Bonchev–Trinajstić information content (AvgIpc) is 3.31. The molecule has 9 heteroatoms. The highest BCUT2D eigenvalue weighted by Crippen LogP contribution is 2.24. The monoisotopic (exact) mass is 453 g/mol. The maximum absolute atomic E-state index is 12.9. The van der Waals surface area contributed by atoms with Gasteiger partial charge in [-0.1, -0.05) is 6.07 Å². The third-order valence-corrected chi connectivity index (χ3v) is 5.75. The van der Waals surface area contributed by atoms with Crippen molar-refractivity contribution in [3.05, 3.63) is 89.4 Å². The van der Waals surface area contributed by atoms with Gasteiger partial charge in [0.2, 0.25) is 5.88 Å². The normalized spacial score (nSPS) is 11.1. The Hall–Kier alpha value is -4.53. The number of benzene rings is 1. The molecular formula is C25H23N7O2. The third-order valence-electron chi connectivity index (χ3n) is 5.75. The summed E-state index contributed by atoms with van der Waals surface area (Å²) in [4.78, 5) is 25.9. The van der Waals surface area contributed by atoms with Crippen LogP contribution >= 0.6 is 0 Å². The van der Waals surface area contributed by atoms with Crippen molar-refractivity contribution < 1.29 is 9.53 Å². The number of aryl methyl sites for hydroxylation is 2. The van der Waals surface area contributed by atoms with Gasteiger partial charge in [-0.2, -0.15) is 5.10 Å². The highest BCUT2D eigenvalue weighted by atomic mass is 16.5. The number of carbonyl (C=O) groups excluding carboxylic acids is 1. The molecule has 0 radical (unpaired) electrons. The second-order valence-corrected chi connectivity index (χ2v) is 7.98. The quantitative estimate of drug-likeness (QED) is 0.418. The zero-order valence-corrected chi connectivity index (χ0v) is 19.3. The van der Waals surface area contributed by atoms with Crippen LogP contribution in [0.1, 0.15) is 33.1 Å². The van der Waals surface area contributed by atoms with Crippen molar-refractivity contribution in [1.82, 2.24) is 29.1 Å². The molecule has 170 valence electrons. The van der Waals surface area contributed by atoms with Gasteiger partial charge in [-0.25, -0.2) is 19.6 Å². The first-order valence-electron chi connectivity index (χ1n) is 10.8. The fourth-order valence-electron chi connectivity index (χ4n) is 3.75. The lowest BCUT2D eigenvalue weighted by Gasteiger charge is -2.09. The minimum atomic E-state index is -0.231. The second-order valence-electron chi connectivity index (χ2n) is 7.98. The molecule has 9 nitrogen and oxygen atoms in total. The molecule has 5 rings (SSSR count). The molecule has 0 unspecified atom stereocenters. The fourth-order valence-corrected chi connectivity index (χ4v) is 3.75. The summed E-state index contributed by atoms with van der Waals surface area (Å²) in [5.74, 6) is 1.38. The van der Waals surface area contributed by atoms with Gasteiger partial charge in [0, 0.05) is 23.6 Å². The number of imidazole rings is 1. The Kier molecular flexibility index (Phi) is 5.29. The summed E-state index contributed by atoms with van der Waals surface area (Å²) >= 11 is 0.